The van der Waals surface area contributed by atoms with Crippen LogP contribution in [-0.2, 0) is 0 Å². The lowest BCUT2D eigenvalue weighted by molar-refractivity contribution is 0.319. The number of nitrogens with one attached hydrogen (secondary N) is 1. The average molecular weight is 479 g/mol. The molecule has 5 aromatic rings. The lowest BCUT2D eigenvalue weighted by Crippen LogP contribution is -2.35. The van der Waals surface area contributed by atoms with Gasteiger partial charge in [-0.1, -0.05) is 78.3 Å². The van der Waals surface area contributed by atoms with E-state index in [4.69, 9.17) is 8.94 Å². The summed E-state index contributed by atoms with van der Waals surface area (Å²) in [6.45, 7) is 4.15. The Labute approximate surface area is 210 Å². The number of hydrogen-bond acceptors (Lipinski definition) is 6. The zero-order chi connectivity index (χ0) is 24.5. The standard InChI is InChI=1S/C30H30N4O2/c1-19(26-12-6-8-22-7-3-4-11-27(22)26)32-25-10-5-9-24(17-25)21-13-15-23(16-14-21)29-33-30(36-34-29)28-20(2)31-18-35-28/h3-4,6-8,11-16,18-19,24-25,32H,5,9-10,17H2,1-2H3. The number of aromatic nitrogens is 3. The Morgan fingerprint density at radius 2 is 1.81 bits per heavy atom. The molecule has 1 aliphatic carbocycles. The molecule has 0 amide bonds. The summed E-state index contributed by atoms with van der Waals surface area (Å²) in [4.78, 5) is 8.59. The highest BCUT2D eigenvalue weighted by Crippen LogP contribution is 2.35. The fourth-order valence-corrected chi connectivity index (χ4v) is 5.56. The third kappa shape index (κ3) is 4.44. The quantitative estimate of drug-likeness (QED) is 0.277. The topological polar surface area (TPSA) is 77.0 Å². The van der Waals surface area contributed by atoms with Gasteiger partial charge in [0, 0.05) is 17.6 Å². The van der Waals surface area contributed by atoms with Gasteiger partial charge in [-0.25, -0.2) is 4.98 Å². The monoisotopic (exact) mass is 478 g/mol. The summed E-state index contributed by atoms with van der Waals surface area (Å²) < 4.78 is 10.8. The first-order valence-corrected chi connectivity index (χ1v) is 12.7. The molecule has 1 aliphatic rings. The van der Waals surface area contributed by atoms with Crippen LogP contribution in [0.15, 0.2) is 82.1 Å². The third-order valence-corrected chi connectivity index (χ3v) is 7.46. The Morgan fingerprint density at radius 3 is 2.64 bits per heavy atom. The molecule has 182 valence electrons. The summed E-state index contributed by atoms with van der Waals surface area (Å²) in [6, 6.07) is 24.7. The summed E-state index contributed by atoms with van der Waals surface area (Å²) >= 11 is 0. The van der Waals surface area contributed by atoms with E-state index < -0.39 is 0 Å². The second-order valence-corrected chi connectivity index (χ2v) is 9.83. The van der Waals surface area contributed by atoms with E-state index in [1.54, 1.807) is 0 Å². The van der Waals surface area contributed by atoms with E-state index in [0.29, 0.717) is 35.5 Å². The van der Waals surface area contributed by atoms with E-state index in [-0.39, 0.29) is 0 Å². The van der Waals surface area contributed by atoms with E-state index in [9.17, 15) is 0 Å². The molecule has 3 unspecified atom stereocenters. The van der Waals surface area contributed by atoms with E-state index in [0.717, 1.165) is 17.7 Å². The van der Waals surface area contributed by atoms with Crippen molar-refractivity contribution in [3.8, 4) is 23.0 Å². The highest BCUT2D eigenvalue weighted by Gasteiger charge is 2.25. The van der Waals surface area contributed by atoms with Gasteiger partial charge in [-0.15, -0.1) is 0 Å². The Morgan fingerprint density at radius 1 is 0.972 bits per heavy atom. The molecule has 2 aromatic heterocycles. The van der Waals surface area contributed by atoms with Gasteiger partial charge in [-0.05, 0) is 60.9 Å². The molecular formula is C30H30N4O2. The maximum atomic E-state index is 5.40. The highest BCUT2D eigenvalue weighted by molar-refractivity contribution is 5.86. The molecule has 1 fully saturated rings. The van der Waals surface area contributed by atoms with Crippen molar-refractivity contribution < 1.29 is 8.94 Å². The van der Waals surface area contributed by atoms with Gasteiger partial charge in [0.25, 0.3) is 5.89 Å². The van der Waals surface area contributed by atoms with Crippen molar-refractivity contribution >= 4 is 10.8 Å². The largest absolute Gasteiger partial charge is 0.438 e. The zero-order valence-corrected chi connectivity index (χ0v) is 20.6. The number of oxazole rings is 1. The van der Waals surface area contributed by atoms with Gasteiger partial charge in [0.1, 0.15) is 0 Å². The fraction of sp³-hybridized carbons (Fsp3) is 0.300. The number of benzene rings is 3. The number of nitrogens with zero attached hydrogens (tertiary/aromatic N) is 3. The second-order valence-electron chi connectivity index (χ2n) is 9.83. The van der Waals surface area contributed by atoms with Gasteiger partial charge >= 0.3 is 0 Å². The molecule has 0 radical (unpaired) electrons. The van der Waals surface area contributed by atoms with Gasteiger partial charge in [0.2, 0.25) is 11.6 Å². The van der Waals surface area contributed by atoms with Crippen molar-refractivity contribution in [2.24, 2.45) is 0 Å². The Bertz CT molecular complexity index is 1460. The fourth-order valence-electron chi connectivity index (χ4n) is 5.56. The lowest BCUT2D eigenvalue weighted by atomic mass is 9.80. The van der Waals surface area contributed by atoms with Crippen LogP contribution in [0.5, 0.6) is 0 Å². The Hall–Kier alpha value is -3.77. The number of fused-ring (bicyclic) bond motifs is 1. The molecule has 3 aromatic carbocycles. The number of hydrogen-bond donors (Lipinski definition) is 1. The van der Waals surface area contributed by atoms with Gasteiger partial charge < -0.3 is 14.3 Å². The Balaban J connectivity index is 1.14. The summed E-state index contributed by atoms with van der Waals surface area (Å²) in [5, 5.41) is 10.7. The predicted octanol–water partition coefficient (Wildman–Crippen LogP) is 7.23. The molecule has 6 heteroatoms. The summed E-state index contributed by atoms with van der Waals surface area (Å²) in [5.41, 5.74) is 4.41. The molecular weight excluding hydrogens is 448 g/mol. The molecule has 0 spiro atoms. The van der Waals surface area contributed by atoms with Crippen LogP contribution in [-0.4, -0.2) is 21.2 Å². The van der Waals surface area contributed by atoms with Crippen LogP contribution < -0.4 is 5.32 Å². The minimum Gasteiger partial charge on any atom is -0.438 e. The van der Waals surface area contributed by atoms with E-state index in [1.165, 1.54) is 47.6 Å². The van der Waals surface area contributed by atoms with Crippen molar-refractivity contribution in [3.05, 3.63) is 89.9 Å². The van der Waals surface area contributed by atoms with Gasteiger partial charge in [-0.2, -0.15) is 4.98 Å². The average Bonchev–Trinajstić information content (AvgIpc) is 3.57. The Kier molecular flexibility index (Phi) is 6.11. The molecule has 6 nitrogen and oxygen atoms in total. The lowest BCUT2D eigenvalue weighted by Gasteiger charge is -2.32. The van der Waals surface area contributed by atoms with Crippen LogP contribution in [0, 0.1) is 6.92 Å². The zero-order valence-electron chi connectivity index (χ0n) is 20.6. The highest BCUT2D eigenvalue weighted by atomic mass is 16.5. The number of rotatable bonds is 6. The molecule has 0 saturated heterocycles. The maximum Gasteiger partial charge on any atom is 0.295 e. The maximum absolute atomic E-state index is 5.40. The van der Waals surface area contributed by atoms with Crippen molar-refractivity contribution in [3.63, 3.8) is 0 Å². The van der Waals surface area contributed by atoms with Crippen molar-refractivity contribution in [2.75, 3.05) is 0 Å². The van der Waals surface area contributed by atoms with Crippen LogP contribution in [0.4, 0.5) is 0 Å². The van der Waals surface area contributed by atoms with E-state index in [1.807, 2.05) is 6.92 Å². The van der Waals surface area contributed by atoms with Crippen LogP contribution >= 0.6 is 0 Å². The third-order valence-electron chi connectivity index (χ3n) is 7.46. The molecule has 0 bridgehead atoms. The molecule has 2 heterocycles. The molecule has 0 aliphatic heterocycles. The number of aryl methyl sites for hydroxylation is 1. The molecule has 1 N–H and O–H groups in total. The molecule has 3 atom stereocenters. The van der Waals surface area contributed by atoms with E-state index in [2.05, 4.69) is 94.1 Å². The van der Waals surface area contributed by atoms with Gasteiger partial charge in [-0.3, -0.25) is 0 Å². The van der Waals surface area contributed by atoms with Crippen molar-refractivity contribution in [1.29, 1.82) is 0 Å². The molecule has 36 heavy (non-hydrogen) atoms. The van der Waals surface area contributed by atoms with Crippen LogP contribution in [0.25, 0.3) is 33.8 Å². The van der Waals surface area contributed by atoms with Crippen LogP contribution in [0.2, 0.25) is 0 Å². The van der Waals surface area contributed by atoms with E-state index >= 15 is 0 Å². The van der Waals surface area contributed by atoms with Crippen LogP contribution in [0.3, 0.4) is 0 Å². The summed E-state index contributed by atoms with van der Waals surface area (Å²) in [6.07, 6.45) is 6.20. The van der Waals surface area contributed by atoms with Crippen molar-refractivity contribution in [2.45, 2.75) is 57.5 Å². The van der Waals surface area contributed by atoms with Gasteiger partial charge in [0.15, 0.2) is 6.39 Å². The minimum absolute atomic E-state index is 0.308. The second kappa shape index (κ2) is 9.70. The normalized spacial score (nSPS) is 18.9. The summed E-state index contributed by atoms with van der Waals surface area (Å²) in [7, 11) is 0. The van der Waals surface area contributed by atoms with Gasteiger partial charge in [0.05, 0.1) is 5.69 Å². The van der Waals surface area contributed by atoms with Crippen LogP contribution in [0.1, 0.15) is 61.4 Å². The molecule has 1 saturated carbocycles. The minimum atomic E-state index is 0.308. The first-order valence-electron chi connectivity index (χ1n) is 12.7. The summed E-state index contributed by atoms with van der Waals surface area (Å²) in [5.74, 6) is 1.97. The first-order chi connectivity index (χ1) is 17.7. The first kappa shape index (κ1) is 22.7. The predicted molar refractivity (Wildman–Crippen MR) is 140 cm³/mol. The smallest absolute Gasteiger partial charge is 0.295 e. The SMILES string of the molecule is Cc1ncoc1-c1nc(-c2ccc(C3CCCC(NC(C)c4cccc5ccccc45)C3)cc2)no1. The van der Waals surface area contributed by atoms with Crippen molar-refractivity contribution in [1.82, 2.24) is 20.4 Å². The molecule has 6 rings (SSSR count).